The van der Waals surface area contributed by atoms with Crippen LogP contribution < -0.4 is 0 Å². The van der Waals surface area contributed by atoms with Gasteiger partial charge in [0.2, 0.25) is 0 Å². The third kappa shape index (κ3) is 59.9. The van der Waals surface area contributed by atoms with Gasteiger partial charge in [-0.2, -0.15) is 0 Å². The fraction of sp³-hybridized carbons (Fsp3) is 0.806. The van der Waals surface area contributed by atoms with Gasteiger partial charge in [-0.3, -0.25) is 14.4 Å². The molecule has 0 saturated heterocycles. The molecule has 0 N–H and O–H groups in total. The van der Waals surface area contributed by atoms with Crippen LogP contribution in [-0.2, 0) is 28.6 Å². The first kappa shape index (κ1) is 70.1. The standard InChI is InChI=1S/C67H120O6/c1-4-7-10-13-16-19-22-25-27-29-30-31-32-33-34-35-36-38-39-42-45-48-51-54-57-60-66(69)72-63-64(62-71-65(68)59-56-53-50-47-44-41-24-21-18-15-12-9-6-3)73-67(70)61-58-55-52-49-46-43-40-37-28-26-23-20-17-14-11-8-5-2/h9,12,18,21,26,28-30,41,44,64H,4-8,10-11,13-17,19-20,22-25,27,31-40,42-43,45-63H2,1-3H3/b12-9-,21-18-,28-26-,30-29-,44-41-. The molecule has 73 heavy (non-hydrogen) atoms. The number of unbranched alkanes of at least 4 members (excludes halogenated alkanes) is 37. The van der Waals surface area contributed by atoms with E-state index in [1.54, 1.807) is 0 Å². The van der Waals surface area contributed by atoms with Gasteiger partial charge in [0.1, 0.15) is 13.2 Å². The smallest absolute Gasteiger partial charge is 0.306 e. The van der Waals surface area contributed by atoms with Crippen molar-refractivity contribution in [3.05, 3.63) is 60.8 Å². The molecule has 0 amide bonds. The molecule has 0 radical (unpaired) electrons. The van der Waals surface area contributed by atoms with Gasteiger partial charge >= 0.3 is 17.9 Å². The van der Waals surface area contributed by atoms with E-state index in [1.807, 2.05) is 0 Å². The van der Waals surface area contributed by atoms with Crippen molar-refractivity contribution in [3.63, 3.8) is 0 Å². The minimum Gasteiger partial charge on any atom is -0.462 e. The summed E-state index contributed by atoms with van der Waals surface area (Å²) in [5, 5.41) is 0. The van der Waals surface area contributed by atoms with Crippen molar-refractivity contribution in [2.45, 2.75) is 335 Å². The largest absolute Gasteiger partial charge is 0.462 e. The normalized spacial score (nSPS) is 12.4. The topological polar surface area (TPSA) is 78.9 Å². The highest BCUT2D eigenvalue weighted by atomic mass is 16.6. The Morgan fingerprint density at radius 3 is 0.863 bits per heavy atom. The Morgan fingerprint density at radius 2 is 0.534 bits per heavy atom. The lowest BCUT2D eigenvalue weighted by Crippen LogP contribution is -2.30. The summed E-state index contributed by atoms with van der Waals surface area (Å²) in [6.45, 7) is 6.53. The number of ether oxygens (including phenoxy) is 3. The molecule has 0 spiro atoms. The van der Waals surface area contributed by atoms with Crippen molar-refractivity contribution in [1.82, 2.24) is 0 Å². The van der Waals surface area contributed by atoms with Crippen LogP contribution in [0.3, 0.4) is 0 Å². The number of hydrogen-bond acceptors (Lipinski definition) is 6. The maximum absolute atomic E-state index is 12.9. The van der Waals surface area contributed by atoms with Gasteiger partial charge in [-0.15, -0.1) is 0 Å². The van der Waals surface area contributed by atoms with E-state index in [-0.39, 0.29) is 31.1 Å². The zero-order valence-electron chi connectivity index (χ0n) is 48.7. The Hall–Kier alpha value is -2.89. The molecular formula is C67H120O6. The second-order valence-electron chi connectivity index (χ2n) is 21.3. The summed E-state index contributed by atoms with van der Waals surface area (Å²) in [4.78, 5) is 38.2. The molecule has 0 aromatic carbocycles. The number of allylic oxidation sites excluding steroid dienone is 10. The molecule has 6 heteroatoms. The molecule has 1 unspecified atom stereocenters. The zero-order valence-corrected chi connectivity index (χ0v) is 48.7. The first-order valence-electron chi connectivity index (χ1n) is 31.8. The number of hydrogen-bond donors (Lipinski definition) is 0. The molecule has 0 rings (SSSR count). The summed E-state index contributed by atoms with van der Waals surface area (Å²) >= 11 is 0. The molecule has 0 aliphatic rings. The van der Waals surface area contributed by atoms with Gasteiger partial charge in [-0.05, 0) is 103 Å². The van der Waals surface area contributed by atoms with Gasteiger partial charge in [0.15, 0.2) is 6.10 Å². The van der Waals surface area contributed by atoms with Crippen molar-refractivity contribution in [2.75, 3.05) is 13.2 Å². The van der Waals surface area contributed by atoms with Crippen LogP contribution in [0.4, 0.5) is 0 Å². The highest BCUT2D eigenvalue weighted by Crippen LogP contribution is 2.17. The molecule has 0 fully saturated rings. The van der Waals surface area contributed by atoms with Crippen LogP contribution in [0.2, 0.25) is 0 Å². The molecule has 0 aromatic heterocycles. The van der Waals surface area contributed by atoms with E-state index < -0.39 is 6.10 Å². The lowest BCUT2D eigenvalue weighted by atomic mass is 10.0. The van der Waals surface area contributed by atoms with E-state index in [0.717, 1.165) is 83.5 Å². The molecule has 6 nitrogen and oxygen atoms in total. The molecule has 1 atom stereocenters. The van der Waals surface area contributed by atoms with Crippen LogP contribution in [0.15, 0.2) is 60.8 Å². The molecule has 0 heterocycles. The summed E-state index contributed by atoms with van der Waals surface area (Å²) in [5.74, 6) is -0.904. The van der Waals surface area contributed by atoms with Crippen LogP contribution in [0.1, 0.15) is 329 Å². The average molecular weight is 1020 g/mol. The van der Waals surface area contributed by atoms with Crippen LogP contribution in [-0.4, -0.2) is 37.2 Å². The second-order valence-corrected chi connectivity index (χ2v) is 21.3. The van der Waals surface area contributed by atoms with Crippen LogP contribution in [0.5, 0.6) is 0 Å². The van der Waals surface area contributed by atoms with Gasteiger partial charge in [0.05, 0.1) is 0 Å². The summed E-state index contributed by atoms with van der Waals surface area (Å²) in [5.41, 5.74) is 0. The van der Waals surface area contributed by atoms with Crippen molar-refractivity contribution in [3.8, 4) is 0 Å². The van der Waals surface area contributed by atoms with Crippen molar-refractivity contribution in [2.24, 2.45) is 0 Å². The quantitative estimate of drug-likeness (QED) is 0.0261. The molecule has 424 valence electrons. The lowest BCUT2D eigenvalue weighted by Gasteiger charge is -2.18. The van der Waals surface area contributed by atoms with Crippen molar-refractivity contribution in [1.29, 1.82) is 0 Å². The maximum atomic E-state index is 12.9. The third-order valence-corrected chi connectivity index (χ3v) is 14.0. The van der Waals surface area contributed by atoms with Crippen LogP contribution in [0, 0.1) is 0 Å². The summed E-state index contributed by atoms with van der Waals surface area (Å²) in [7, 11) is 0. The van der Waals surface area contributed by atoms with Crippen molar-refractivity contribution < 1.29 is 28.6 Å². The Labute approximate surface area is 453 Å². The van der Waals surface area contributed by atoms with E-state index in [2.05, 4.69) is 81.5 Å². The van der Waals surface area contributed by atoms with E-state index in [4.69, 9.17) is 14.2 Å². The first-order valence-corrected chi connectivity index (χ1v) is 31.8. The molecular weight excluding hydrogens is 901 g/mol. The molecule has 0 aliphatic heterocycles. The minimum atomic E-state index is -0.788. The highest BCUT2D eigenvalue weighted by Gasteiger charge is 2.19. The number of esters is 3. The Kier molecular flexibility index (Phi) is 59.2. The summed E-state index contributed by atoms with van der Waals surface area (Å²) < 4.78 is 16.9. The van der Waals surface area contributed by atoms with Gasteiger partial charge in [-0.1, -0.05) is 268 Å². The van der Waals surface area contributed by atoms with E-state index >= 15 is 0 Å². The van der Waals surface area contributed by atoms with Gasteiger partial charge < -0.3 is 14.2 Å². The molecule has 0 bridgehead atoms. The summed E-state index contributed by atoms with van der Waals surface area (Å²) in [6.07, 6.45) is 78.1. The number of carbonyl (C=O) groups excluding carboxylic acids is 3. The van der Waals surface area contributed by atoms with E-state index in [1.165, 1.54) is 205 Å². The summed E-state index contributed by atoms with van der Waals surface area (Å²) in [6, 6.07) is 0. The maximum Gasteiger partial charge on any atom is 0.306 e. The fourth-order valence-corrected chi connectivity index (χ4v) is 9.21. The predicted molar refractivity (Wildman–Crippen MR) is 316 cm³/mol. The van der Waals surface area contributed by atoms with Gasteiger partial charge in [0, 0.05) is 19.3 Å². The van der Waals surface area contributed by atoms with E-state index in [0.29, 0.717) is 19.3 Å². The van der Waals surface area contributed by atoms with Crippen molar-refractivity contribution >= 4 is 17.9 Å². The van der Waals surface area contributed by atoms with Gasteiger partial charge in [0.25, 0.3) is 0 Å². The number of carbonyl (C=O) groups is 3. The number of rotatable bonds is 58. The van der Waals surface area contributed by atoms with Gasteiger partial charge in [-0.25, -0.2) is 0 Å². The minimum absolute atomic E-state index is 0.0835. The second kappa shape index (κ2) is 61.7. The Balaban J connectivity index is 4.28. The monoisotopic (exact) mass is 1020 g/mol. The van der Waals surface area contributed by atoms with Crippen LogP contribution >= 0.6 is 0 Å². The Bertz CT molecular complexity index is 1310. The SMILES string of the molecule is CC/C=C\C/C=C\C/C=C\CCCCCC(=O)OCC(COC(=O)CCCCCCCCCCCCCCC/C=C\CCCCCCCCCC)OC(=O)CCCCCCCCC/C=C\CCCCCCCC. The zero-order chi connectivity index (χ0) is 52.9. The molecule has 0 saturated carbocycles. The van der Waals surface area contributed by atoms with Crippen LogP contribution in [0.25, 0.3) is 0 Å². The third-order valence-electron chi connectivity index (χ3n) is 14.0. The fourth-order valence-electron chi connectivity index (χ4n) is 9.21. The average Bonchev–Trinajstić information content (AvgIpc) is 3.39. The highest BCUT2D eigenvalue weighted by molar-refractivity contribution is 5.71. The lowest BCUT2D eigenvalue weighted by molar-refractivity contribution is -0.167. The first-order chi connectivity index (χ1) is 36.0. The van der Waals surface area contributed by atoms with E-state index in [9.17, 15) is 14.4 Å². The Morgan fingerprint density at radius 1 is 0.288 bits per heavy atom. The predicted octanol–water partition coefficient (Wildman–Crippen LogP) is 21.6. The molecule has 0 aromatic rings. The molecule has 0 aliphatic carbocycles.